The molecule has 0 spiro atoms. The number of hydrogen-bond donors (Lipinski definition) is 2. The monoisotopic (exact) mass is 257 g/mol. The summed E-state index contributed by atoms with van der Waals surface area (Å²) in [4.78, 5) is 8.33. The van der Waals surface area contributed by atoms with Crippen LogP contribution in [0.4, 0.5) is 5.82 Å². The maximum absolute atomic E-state index is 5.92. The number of nitrogens with two attached hydrogens (primary N) is 1. The molecule has 0 radical (unpaired) electrons. The van der Waals surface area contributed by atoms with Gasteiger partial charge in [0.05, 0.1) is 11.1 Å². The van der Waals surface area contributed by atoms with E-state index in [0.717, 1.165) is 29.6 Å². The predicted molar refractivity (Wildman–Crippen MR) is 72.0 cm³/mol. The molecule has 7 heteroatoms. The van der Waals surface area contributed by atoms with Crippen LogP contribution < -0.4 is 5.73 Å². The van der Waals surface area contributed by atoms with E-state index < -0.39 is 0 Å². The summed E-state index contributed by atoms with van der Waals surface area (Å²) in [5.41, 5.74) is 8.46. The van der Waals surface area contributed by atoms with Crippen molar-refractivity contribution in [3.05, 3.63) is 23.8 Å². The minimum atomic E-state index is 0.551. The predicted octanol–water partition coefficient (Wildman–Crippen LogP) is 1.38. The number of anilines is 1. The lowest BCUT2D eigenvalue weighted by Crippen LogP contribution is -2.02. The Morgan fingerprint density at radius 3 is 2.95 bits per heavy atom. The maximum atomic E-state index is 5.92. The third-order valence-corrected chi connectivity index (χ3v) is 2.98. The number of rotatable bonds is 3. The smallest absolute Gasteiger partial charge is 0.188 e. The molecule has 19 heavy (non-hydrogen) atoms. The fourth-order valence-electron chi connectivity index (χ4n) is 2.13. The van der Waals surface area contributed by atoms with Gasteiger partial charge in [0.2, 0.25) is 0 Å². The number of aryl methyl sites for hydroxylation is 2. The molecule has 0 saturated heterocycles. The van der Waals surface area contributed by atoms with Gasteiger partial charge >= 0.3 is 0 Å². The standard InChI is InChI=1S/C12H15N7/c1-3-4-8-10-11(13)16-17-12(10)19(18-8)9-5-7(2)14-6-15-9/h5-6H,3-4H2,1-2H3,(H3,13,16,17). The first kappa shape index (κ1) is 11.6. The number of H-pyrrole nitrogens is 1. The van der Waals surface area contributed by atoms with Gasteiger partial charge in [-0.25, -0.2) is 9.97 Å². The highest BCUT2D eigenvalue weighted by Gasteiger charge is 2.17. The molecule has 0 aliphatic carbocycles. The largest absolute Gasteiger partial charge is 0.383 e. The minimum absolute atomic E-state index is 0.551. The molecule has 0 atom stereocenters. The highest BCUT2D eigenvalue weighted by Crippen LogP contribution is 2.25. The molecule has 3 aromatic heterocycles. The van der Waals surface area contributed by atoms with E-state index in [0.29, 0.717) is 17.3 Å². The fourth-order valence-corrected chi connectivity index (χ4v) is 2.13. The molecule has 3 N–H and O–H groups in total. The summed E-state index contributed by atoms with van der Waals surface area (Å²) < 4.78 is 1.71. The first-order valence-corrected chi connectivity index (χ1v) is 6.21. The highest BCUT2D eigenvalue weighted by molar-refractivity contribution is 5.89. The van der Waals surface area contributed by atoms with Crippen molar-refractivity contribution in [2.75, 3.05) is 5.73 Å². The third-order valence-electron chi connectivity index (χ3n) is 2.98. The number of aromatic amines is 1. The average Bonchev–Trinajstić information content (AvgIpc) is 2.93. The van der Waals surface area contributed by atoms with Crippen LogP contribution in [-0.2, 0) is 6.42 Å². The Morgan fingerprint density at radius 2 is 2.21 bits per heavy atom. The number of nitrogens with one attached hydrogen (secondary N) is 1. The lowest BCUT2D eigenvalue weighted by molar-refractivity contribution is 0.789. The normalized spacial score (nSPS) is 11.3. The highest BCUT2D eigenvalue weighted by atomic mass is 15.4. The van der Waals surface area contributed by atoms with E-state index in [-0.39, 0.29) is 0 Å². The number of aromatic nitrogens is 6. The lowest BCUT2D eigenvalue weighted by atomic mass is 10.2. The van der Waals surface area contributed by atoms with E-state index in [1.54, 1.807) is 4.68 Å². The number of hydrogen-bond acceptors (Lipinski definition) is 5. The third kappa shape index (κ3) is 1.83. The molecule has 7 nitrogen and oxygen atoms in total. The quantitative estimate of drug-likeness (QED) is 0.738. The minimum Gasteiger partial charge on any atom is -0.383 e. The van der Waals surface area contributed by atoms with Gasteiger partial charge in [0.15, 0.2) is 11.5 Å². The molecular weight excluding hydrogens is 242 g/mol. The van der Waals surface area contributed by atoms with E-state index in [4.69, 9.17) is 5.73 Å². The van der Waals surface area contributed by atoms with Crippen molar-refractivity contribution >= 4 is 16.9 Å². The molecule has 0 amide bonds. The van der Waals surface area contributed by atoms with E-state index in [2.05, 4.69) is 32.2 Å². The summed E-state index contributed by atoms with van der Waals surface area (Å²) in [7, 11) is 0. The molecule has 98 valence electrons. The lowest BCUT2D eigenvalue weighted by Gasteiger charge is -2.00. The second-order valence-electron chi connectivity index (χ2n) is 4.46. The van der Waals surface area contributed by atoms with Crippen LogP contribution in [0.3, 0.4) is 0 Å². The van der Waals surface area contributed by atoms with E-state index in [1.165, 1.54) is 6.33 Å². The van der Waals surface area contributed by atoms with E-state index in [9.17, 15) is 0 Å². The Kier molecular flexibility index (Phi) is 2.66. The fraction of sp³-hybridized carbons (Fsp3) is 0.333. The van der Waals surface area contributed by atoms with Crippen LogP contribution in [-0.4, -0.2) is 29.9 Å². The Balaban J connectivity index is 2.24. The van der Waals surface area contributed by atoms with Crippen molar-refractivity contribution in [2.45, 2.75) is 26.7 Å². The van der Waals surface area contributed by atoms with Crippen LogP contribution in [0, 0.1) is 6.92 Å². The van der Waals surface area contributed by atoms with Gasteiger partial charge in [-0.3, -0.25) is 5.10 Å². The van der Waals surface area contributed by atoms with Crippen LogP contribution in [0.2, 0.25) is 0 Å². The molecule has 3 aromatic rings. The molecule has 0 aliphatic heterocycles. The van der Waals surface area contributed by atoms with Crippen LogP contribution in [0.5, 0.6) is 0 Å². The maximum Gasteiger partial charge on any atom is 0.188 e. The second kappa shape index (κ2) is 4.34. The SMILES string of the molecule is CCCc1nn(-c2cc(C)ncn2)c2n[nH]c(N)c12. The average molecular weight is 257 g/mol. The first-order chi connectivity index (χ1) is 9.20. The Hall–Kier alpha value is -2.44. The zero-order valence-electron chi connectivity index (χ0n) is 10.9. The summed E-state index contributed by atoms with van der Waals surface area (Å²) in [5, 5.41) is 12.5. The summed E-state index contributed by atoms with van der Waals surface area (Å²) in [5.74, 6) is 1.25. The van der Waals surface area contributed by atoms with E-state index in [1.807, 2.05) is 13.0 Å². The van der Waals surface area contributed by atoms with Crippen LogP contribution in [0.15, 0.2) is 12.4 Å². The van der Waals surface area contributed by atoms with Gasteiger partial charge in [-0.1, -0.05) is 13.3 Å². The Morgan fingerprint density at radius 1 is 1.37 bits per heavy atom. The number of fused-ring (bicyclic) bond motifs is 1. The van der Waals surface area contributed by atoms with Gasteiger partial charge < -0.3 is 5.73 Å². The molecule has 0 saturated carbocycles. The Bertz CT molecular complexity index is 725. The number of nitrogens with zero attached hydrogens (tertiary/aromatic N) is 5. The summed E-state index contributed by atoms with van der Waals surface area (Å²) in [6.07, 6.45) is 3.38. The molecule has 0 fully saturated rings. The number of nitrogen functional groups attached to an aromatic ring is 1. The zero-order valence-corrected chi connectivity index (χ0v) is 10.9. The summed E-state index contributed by atoms with van der Waals surface area (Å²) >= 11 is 0. The molecule has 0 aromatic carbocycles. The van der Waals surface area contributed by atoms with Gasteiger partial charge in [0.1, 0.15) is 12.1 Å². The van der Waals surface area contributed by atoms with Crippen molar-refractivity contribution < 1.29 is 0 Å². The van der Waals surface area contributed by atoms with Crippen molar-refractivity contribution in [1.82, 2.24) is 29.9 Å². The van der Waals surface area contributed by atoms with E-state index >= 15 is 0 Å². The van der Waals surface area contributed by atoms with Crippen LogP contribution in [0.1, 0.15) is 24.7 Å². The summed E-state index contributed by atoms with van der Waals surface area (Å²) in [6.45, 7) is 4.02. The second-order valence-corrected chi connectivity index (χ2v) is 4.46. The zero-order chi connectivity index (χ0) is 13.4. The summed E-state index contributed by atoms with van der Waals surface area (Å²) in [6, 6.07) is 1.87. The van der Waals surface area contributed by atoms with Crippen LogP contribution in [0.25, 0.3) is 16.9 Å². The van der Waals surface area contributed by atoms with Gasteiger partial charge in [0, 0.05) is 11.8 Å². The molecule has 3 heterocycles. The topological polar surface area (TPSA) is 98.3 Å². The molecule has 0 bridgehead atoms. The first-order valence-electron chi connectivity index (χ1n) is 6.21. The van der Waals surface area contributed by atoms with Gasteiger partial charge in [-0.2, -0.15) is 14.9 Å². The molecule has 0 aliphatic rings. The van der Waals surface area contributed by atoms with Crippen molar-refractivity contribution in [2.24, 2.45) is 0 Å². The van der Waals surface area contributed by atoms with Crippen LogP contribution >= 0.6 is 0 Å². The Labute approximate surface area is 109 Å². The molecular formula is C12H15N7. The van der Waals surface area contributed by atoms with Crippen molar-refractivity contribution in [1.29, 1.82) is 0 Å². The molecule has 3 rings (SSSR count). The van der Waals surface area contributed by atoms with Crippen molar-refractivity contribution in [3.8, 4) is 5.82 Å². The van der Waals surface area contributed by atoms with Gasteiger partial charge in [-0.05, 0) is 13.3 Å². The molecule has 0 unspecified atom stereocenters. The van der Waals surface area contributed by atoms with Crippen molar-refractivity contribution in [3.63, 3.8) is 0 Å². The van der Waals surface area contributed by atoms with Gasteiger partial charge in [-0.15, -0.1) is 0 Å². The van der Waals surface area contributed by atoms with Gasteiger partial charge in [0.25, 0.3) is 0 Å².